The molecular formula is C20H30N6O2. The predicted molar refractivity (Wildman–Crippen MR) is 108 cm³/mol. The van der Waals surface area contributed by atoms with Crippen molar-refractivity contribution in [2.45, 2.75) is 38.8 Å². The van der Waals surface area contributed by atoms with E-state index < -0.39 is 0 Å². The van der Waals surface area contributed by atoms with Crippen molar-refractivity contribution in [1.82, 2.24) is 24.5 Å². The highest BCUT2D eigenvalue weighted by Crippen LogP contribution is 2.22. The Kier molecular flexibility index (Phi) is 5.77. The van der Waals surface area contributed by atoms with Gasteiger partial charge in [0.05, 0.1) is 36.8 Å². The summed E-state index contributed by atoms with van der Waals surface area (Å²) >= 11 is 0. The zero-order chi connectivity index (χ0) is 19.5. The Balaban J connectivity index is 1.46. The molecule has 2 fully saturated rings. The molecule has 2 saturated heterocycles. The van der Waals surface area contributed by atoms with Gasteiger partial charge in [0.25, 0.3) is 5.56 Å². The summed E-state index contributed by atoms with van der Waals surface area (Å²) < 4.78 is 8.97. The second-order valence-corrected chi connectivity index (χ2v) is 7.76. The van der Waals surface area contributed by atoms with E-state index in [1.807, 2.05) is 17.9 Å². The summed E-state index contributed by atoms with van der Waals surface area (Å²) in [7, 11) is 1.97. The molecule has 0 unspecified atom stereocenters. The number of anilines is 1. The van der Waals surface area contributed by atoms with Gasteiger partial charge in [0.2, 0.25) is 0 Å². The van der Waals surface area contributed by atoms with Gasteiger partial charge in [0, 0.05) is 51.1 Å². The summed E-state index contributed by atoms with van der Waals surface area (Å²) in [5.41, 5.74) is 3.34. The monoisotopic (exact) mass is 386 g/mol. The van der Waals surface area contributed by atoms with Crippen LogP contribution in [0, 0.1) is 0 Å². The third-order valence-corrected chi connectivity index (χ3v) is 5.73. The van der Waals surface area contributed by atoms with Crippen molar-refractivity contribution in [3.05, 3.63) is 40.1 Å². The molecule has 152 valence electrons. The van der Waals surface area contributed by atoms with Crippen LogP contribution < -0.4 is 10.5 Å². The number of hydrogen-bond donors (Lipinski definition) is 0. The van der Waals surface area contributed by atoms with Crippen LogP contribution in [0.4, 0.5) is 5.69 Å². The lowest BCUT2D eigenvalue weighted by Gasteiger charge is -2.33. The van der Waals surface area contributed by atoms with Crippen molar-refractivity contribution in [2.24, 2.45) is 7.05 Å². The van der Waals surface area contributed by atoms with Crippen LogP contribution in [-0.4, -0.2) is 63.9 Å². The quantitative estimate of drug-likeness (QED) is 0.770. The first-order valence-electron chi connectivity index (χ1n) is 10.3. The van der Waals surface area contributed by atoms with Gasteiger partial charge in [-0.1, -0.05) is 6.92 Å². The molecule has 0 aliphatic carbocycles. The lowest BCUT2D eigenvalue weighted by molar-refractivity contribution is 0.122. The van der Waals surface area contributed by atoms with E-state index in [-0.39, 0.29) is 11.6 Å². The maximum atomic E-state index is 12.8. The van der Waals surface area contributed by atoms with Gasteiger partial charge in [-0.2, -0.15) is 10.2 Å². The summed E-state index contributed by atoms with van der Waals surface area (Å²) in [4.78, 5) is 17.4. The van der Waals surface area contributed by atoms with Crippen LogP contribution in [0.3, 0.4) is 0 Å². The molecule has 2 aromatic rings. The van der Waals surface area contributed by atoms with Crippen molar-refractivity contribution in [3.63, 3.8) is 0 Å². The minimum atomic E-state index is -0.00790. The van der Waals surface area contributed by atoms with E-state index in [0.29, 0.717) is 13.2 Å². The zero-order valence-corrected chi connectivity index (χ0v) is 16.9. The summed E-state index contributed by atoms with van der Waals surface area (Å²) in [6.45, 7) is 7.96. The second-order valence-electron chi connectivity index (χ2n) is 7.76. The first kappa shape index (κ1) is 19.1. The molecule has 0 spiro atoms. The number of aromatic nitrogens is 4. The van der Waals surface area contributed by atoms with Crippen LogP contribution in [0.25, 0.3) is 0 Å². The van der Waals surface area contributed by atoms with Crippen LogP contribution in [0.1, 0.15) is 37.1 Å². The average Bonchev–Trinajstić information content (AvgIpc) is 3.08. The Morgan fingerprint density at radius 2 is 2.07 bits per heavy atom. The van der Waals surface area contributed by atoms with Gasteiger partial charge in [-0.05, 0) is 25.8 Å². The smallest absolute Gasteiger partial charge is 0.269 e. The molecule has 0 aromatic carbocycles. The minimum absolute atomic E-state index is 0.00790. The van der Waals surface area contributed by atoms with E-state index in [1.54, 1.807) is 10.7 Å². The SMILES string of the molecule is CCc1nn(C)cc1CN1CCC[C@@H](n2ncc(N3CCOCC3)cc2=O)C1. The van der Waals surface area contributed by atoms with Gasteiger partial charge in [0.15, 0.2) is 0 Å². The molecule has 4 rings (SSSR count). The fourth-order valence-electron chi connectivity index (χ4n) is 4.31. The molecule has 8 heteroatoms. The first-order chi connectivity index (χ1) is 13.6. The third-order valence-electron chi connectivity index (χ3n) is 5.73. The maximum absolute atomic E-state index is 12.8. The molecular weight excluding hydrogens is 356 g/mol. The molecule has 1 atom stereocenters. The zero-order valence-electron chi connectivity index (χ0n) is 16.9. The van der Waals surface area contributed by atoms with Crippen molar-refractivity contribution in [2.75, 3.05) is 44.3 Å². The van der Waals surface area contributed by atoms with E-state index in [2.05, 4.69) is 33.1 Å². The molecule has 0 radical (unpaired) electrons. The summed E-state index contributed by atoms with van der Waals surface area (Å²) in [6, 6.07) is 1.86. The third kappa shape index (κ3) is 4.12. The molecule has 0 amide bonds. The predicted octanol–water partition coefficient (Wildman–Crippen LogP) is 1.21. The van der Waals surface area contributed by atoms with Crippen LogP contribution >= 0.6 is 0 Å². The molecule has 28 heavy (non-hydrogen) atoms. The maximum Gasteiger partial charge on any atom is 0.269 e. The molecule has 2 aliphatic heterocycles. The Labute approximate surface area is 165 Å². The van der Waals surface area contributed by atoms with Crippen molar-refractivity contribution < 1.29 is 4.74 Å². The largest absolute Gasteiger partial charge is 0.378 e. The number of morpholine rings is 1. The Hall–Kier alpha value is -2.19. The Bertz CT molecular complexity index is 855. The van der Waals surface area contributed by atoms with Crippen LogP contribution in [0.5, 0.6) is 0 Å². The fraction of sp³-hybridized carbons (Fsp3) is 0.650. The fourth-order valence-corrected chi connectivity index (χ4v) is 4.31. The molecule has 0 saturated carbocycles. The highest BCUT2D eigenvalue weighted by atomic mass is 16.5. The number of piperidine rings is 1. The van der Waals surface area contributed by atoms with Gasteiger partial charge >= 0.3 is 0 Å². The molecule has 0 bridgehead atoms. The number of hydrogen-bond acceptors (Lipinski definition) is 6. The van der Waals surface area contributed by atoms with E-state index in [4.69, 9.17) is 4.74 Å². The van der Waals surface area contributed by atoms with Gasteiger partial charge in [-0.3, -0.25) is 14.4 Å². The number of likely N-dealkylation sites (tertiary alicyclic amines) is 1. The minimum Gasteiger partial charge on any atom is -0.378 e. The van der Waals surface area contributed by atoms with Crippen molar-refractivity contribution in [1.29, 1.82) is 0 Å². The Morgan fingerprint density at radius 1 is 1.25 bits per heavy atom. The summed E-state index contributed by atoms with van der Waals surface area (Å²) in [5, 5.41) is 9.08. The highest BCUT2D eigenvalue weighted by Gasteiger charge is 2.24. The van der Waals surface area contributed by atoms with E-state index in [9.17, 15) is 4.79 Å². The molecule has 0 N–H and O–H groups in total. The highest BCUT2D eigenvalue weighted by molar-refractivity contribution is 5.43. The van der Waals surface area contributed by atoms with Crippen LogP contribution in [0.2, 0.25) is 0 Å². The second kappa shape index (κ2) is 8.45. The van der Waals surface area contributed by atoms with E-state index in [1.165, 1.54) is 5.56 Å². The number of aryl methyl sites for hydroxylation is 2. The number of ether oxygens (including phenoxy) is 1. The van der Waals surface area contributed by atoms with Gasteiger partial charge in [-0.25, -0.2) is 4.68 Å². The molecule has 2 aromatic heterocycles. The first-order valence-corrected chi connectivity index (χ1v) is 10.3. The molecule has 8 nitrogen and oxygen atoms in total. The summed E-state index contributed by atoms with van der Waals surface area (Å²) in [6.07, 6.45) is 6.96. The standard InChI is InChI=1S/C20H30N6O2/c1-3-19-16(13-23(2)22-19)14-24-6-4-5-17(15-24)26-20(27)11-18(12-21-26)25-7-9-28-10-8-25/h11-13,17H,3-10,14-15H2,1-2H3/t17-/m1/s1. The number of rotatable bonds is 5. The Morgan fingerprint density at radius 3 is 2.82 bits per heavy atom. The normalized spacial score (nSPS) is 21.2. The van der Waals surface area contributed by atoms with Crippen molar-refractivity contribution >= 4 is 5.69 Å². The van der Waals surface area contributed by atoms with Crippen LogP contribution in [-0.2, 0) is 24.8 Å². The number of nitrogens with zero attached hydrogens (tertiary/aromatic N) is 6. The lowest BCUT2D eigenvalue weighted by Crippen LogP contribution is -2.41. The van der Waals surface area contributed by atoms with Crippen molar-refractivity contribution in [3.8, 4) is 0 Å². The lowest BCUT2D eigenvalue weighted by atomic mass is 10.0. The topological polar surface area (TPSA) is 68.4 Å². The summed E-state index contributed by atoms with van der Waals surface area (Å²) in [5.74, 6) is 0. The molecule has 4 heterocycles. The van der Waals surface area contributed by atoms with Gasteiger partial charge in [-0.15, -0.1) is 0 Å². The average molecular weight is 387 g/mol. The van der Waals surface area contributed by atoms with Gasteiger partial charge < -0.3 is 9.64 Å². The molecule has 2 aliphatic rings. The van der Waals surface area contributed by atoms with Crippen LogP contribution in [0.15, 0.2) is 23.3 Å². The van der Waals surface area contributed by atoms with E-state index >= 15 is 0 Å². The van der Waals surface area contributed by atoms with Gasteiger partial charge in [0.1, 0.15) is 0 Å². The van der Waals surface area contributed by atoms with E-state index in [0.717, 1.165) is 63.4 Å².